The van der Waals surface area contributed by atoms with Gasteiger partial charge in [-0.1, -0.05) is 25.0 Å². The van der Waals surface area contributed by atoms with Gasteiger partial charge in [-0.3, -0.25) is 4.90 Å². The Morgan fingerprint density at radius 1 is 1.20 bits per heavy atom. The van der Waals surface area contributed by atoms with E-state index < -0.39 is 0 Å². The highest BCUT2D eigenvalue weighted by Crippen LogP contribution is 2.25. The Labute approximate surface area is 94.5 Å². The molecular formula is C13H26N2. The molecule has 0 aromatic carbocycles. The van der Waals surface area contributed by atoms with Gasteiger partial charge in [0.25, 0.3) is 0 Å². The number of nitrogens with zero attached hydrogens (tertiary/aromatic N) is 1. The maximum absolute atomic E-state index is 6.23. The molecular weight excluding hydrogens is 184 g/mol. The monoisotopic (exact) mass is 210 g/mol. The predicted octanol–water partition coefficient (Wildman–Crippen LogP) is 2.54. The van der Waals surface area contributed by atoms with E-state index in [-0.39, 0.29) is 11.6 Å². The Morgan fingerprint density at radius 3 is 2.07 bits per heavy atom. The first-order valence-corrected chi connectivity index (χ1v) is 6.12. The minimum Gasteiger partial charge on any atom is -0.323 e. The van der Waals surface area contributed by atoms with E-state index in [4.69, 9.17) is 5.73 Å². The van der Waals surface area contributed by atoms with Crippen LogP contribution in [0.15, 0.2) is 12.2 Å². The zero-order valence-corrected chi connectivity index (χ0v) is 10.6. The third-order valence-corrected chi connectivity index (χ3v) is 3.71. The first-order chi connectivity index (χ1) is 6.96. The number of hydrogen-bond acceptors (Lipinski definition) is 2. The van der Waals surface area contributed by atoms with Gasteiger partial charge in [0.2, 0.25) is 0 Å². The molecule has 1 aliphatic heterocycles. The summed E-state index contributed by atoms with van der Waals surface area (Å²) >= 11 is 0. The highest BCUT2D eigenvalue weighted by molar-refractivity contribution is 5.10. The van der Waals surface area contributed by atoms with E-state index in [9.17, 15) is 0 Å². The van der Waals surface area contributed by atoms with Crippen molar-refractivity contribution in [2.45, 2.75) is 58.0 Å². The highest BCUT2D eigenvalue weighted by atomic mass is 15.2. The zero-order chi connectivity index (χ0) is 11.5. The maximum atomic E-state index is 6.23. The molecule has 88 valence electrons. The van der Waals surface area contributed by atoms with Crippen LogP contribution in [0, 0.1) is 0 Å². The molecule has 1 rings (SSSR count). The number of likely N-dealkylation sites (tertiary alicyclic amines) is 1. The lowest BCUT2D eigenvalue weighted by molar-refractivity contribution is 0.109. The van der Waals surface area contributed by atoms with Crippen LogP contribution in [0.25, 0.3) is 0 Å². The van der Waals surface area contributed by atoms with Crippen LogP contribution in [0.4, 0.5) is 0 Å². The fourth-order valence-corrected chi connectivity index (χ4v) is 2.45. The second kappa shape index (κ2) is 5.13. The molecule has 1 aliphatic rings. The summed E-state index contributed by atoms with van der Waals surface area (Å²) < 4.78 is 0. The average molecular weight is 210 g/mol. The van der Waals surface area contributed by atoms with Crippen LogP contribution in [0.1, 0.15) is 46.5 Å². The van der Waals surface area contributed by atoms with E-state index in [0.29, 0.717) is 0 Å². The third kappa shape index (κ3) is 3.05. The Kier molecular flexibility index (Phi) is 4.35. The lowest BCUT2D eigenvalue weighted by atomic mass is 9.88. The van der Waals surface area contributed by atoms with Gasteiger partial charge in [-0.15, -0.1) is 0 Å². The fraction of sp³-hybridized carbons (Fsp3) is 0.846. The van der Waals surface area contributed by atoms with E-state index in [1.165, 1.54) is 38.8 Å². The van der Waals surface area contributed by atoms with Crippen molar-refractivity contribution in [1.29, 1.82) is 0 Å². The van der Waals surface area contributed by atoms with E-state index in [2.05, 4.69) is 25.3 Å². The van der Waals surface area contributed by atoms with Crippen molar-refractivity contribution >= 4 is 0 Å². The molecule has 2 N–H and O–H groups in total. The Morgan fingerprint density at radius 2 is 1.67 bits per heavy atom. The van der Waals surface area contributed by atoms with Gasteiger partial charge in [0, 0.05) is 11.6 Å². The second-order valence-corrected chi connectivity index (χ2v) is 5.38. The summed E-state index contributed by atoms with van der Waals surface area (Å²) in [5.74, 6) is 0. The lowest BCUT2D eigenvalue weighted by Crippen LogP contribution is -2.56. The normalized spacial score (nSPS) is 22.1. The second-order valence-electron chi connectivity index (χ2n) is 5.38. The molecule has 0 aromatic rings. The van der Waals surface area contributed by atoms with Crippen molar-refractivity contribution in [3.63, 3.8) is 0 Å². The maximum Gasteiger partial charge on any atom is 0.0430 e. The van der Waals surface area contributed by atoms with Crippen molar-refractivity contribution in [2.24, 2.45) is 5.73 Å². The molecule has 2 nitrogen and oxygen atoms in total. The summed E-state index contributed by atoms with van der Waals surface area (Å²) in [6, 6.07) is 0.0793. The molecule has 1 heterocycles. The fourth-order valence-electron chi connectivity index (χ4n) is 2.45. The molecule has 1 saturated heterocycles. The van der Waals surface area contributed by atoms with Crippen molar-refractivity contribution < 1.29 is 0 Å². The largest absolute Gasteiger partial charge is 0.323 e. The van der Waals surface area contributed by atoms with E-state index >= 15 is 0 Å². The van der Waals surface area contributed by atoms with Crippen LogP contribution in [0.3, 0.4) is 0 Å². The minimum atomic E-state index is 0.0518. The quantitative estimate of drug-likeness (QED) is 0.725. The summed E-state index contributed by atoms with van der Waals surface area (Å²) in [5, 5.41) is 0. The van der Waals surface area contributed by atoms with Crippen LogP contribution in [-0.4, -0.2) is 29.6 Å². The third-order valence-electron chi connectivity index (χ3n) is 3.71. The Balaban J connectivity index is 2.69. The molecule has 0 aromatic heterocycles. The van der Waals surface area contributed by atoms with Crippen LogP contribution in [0.2, 0.25) is 0 Å². The van der Waals surface area contributed by atoms with Gasteiger partial charge in [-0.2, -0.15) is 0 Å². The van der Waals surface area contributed by atoms with Crippen molar-refractivity contribution in [2.75, 3.05) is 13.1 Å². The number of rotatable bonds is 3. The first kappa shape index (κ1) is 12.7. The van der Waals surface area contributed by atoms with E-state index in [0.717, 1.165) is 5.57 Å². The summed E-state index contributed by atoms with van der Waals surface area (Å²) in [6.45, 7) is 12.9. The van der Waals surface area contributed by atoms with Crippen LogP contribution < -0.4 is 5.73 Å². The van der Waals surface area contributed by atoms with Crippen LogP contribution in [0.5, 0.6) is 0 Å². The molecule has 1 unspecified atom stereocenters. The first-order valence-electron chi connectivity index (χ1n) is 6.12. The smallest absolute Gasteiger partial charge is 0.0430 e. The molecule has 15 heavy (non-hydrogen) atoms. The molecule has 0 aliphatic carbocycles. The predicted molar refractivity (Wildman–Crippen MR) is 66.9 cm³/mol. The van der Waals surface area contributed by atoms with Gasteiger partial charge in [0.1, 0.15) is 0 Å². The molecule has 2 heteroatoms. The molecule has 1 fully saturated rings. The molecule has 0 radical (unpaired) electrons. The number of hydrogen-bond donors (Lipinski definition) is 1. The standard InChI is InChI=1S/C13H26N2/c1-11(2)12(14)13(3,4)15-9-7-5-6-8-10-15/h12H,1,5-10,14H2,2-4H3. The average Bonchev–Trinajstić information content (AvgIpc) is 2.44. The Hall–Kier alpha value is -0.340. The van der Waals surface area contributed by atoms with E-state index in [1.54, 1.807) is 0 Å². The van der Waals surface area contributed by atoms with Gasteiger partial charge in [-0.25, -0.2) is 0 Å². The molecule has 0 bridgehead atoms. The highest BCUT2D eigenvalue weighted by Gasteiger charge is 2.33. The number of nitrogens with two attached hydrogens (primary N) is 1. The molecule has 1 atom stereocenters. The summed E-state index contributed by atoms with van der Waals surface area (Å²) in [6.07, 6.45) is 5.36. The van der Waals surface area contributed by atoms with Gasteiger partial charge in [0.15, 0.2) is 0 Å². The van der Waals surface area contributed by atoms with Crippen molar-refractivity contribution in [3.8, 4) is 0 Å². The van der Waals surface area contributed by atoms with Crippen molar-refractivity contribution in [3.05, 3.63) is 12.2 Å². The summed E-state index contributed by atoms with van der Waals surface area (Å²) in [7, 11) is 0. The van der Waals surface area contributed by atoms with Gasteiger partial charge >= 0.3 is 0 Å². The molecule has 0 saturated carbocycles. The van der Waals surface area contributed by atoms with Gasteiger partial charge in [-0.05, 0) is 46.7 Å². The van der Waals surface area contributed by atoms with Gasteiger partial charge < -0.3 is 5.73 Å². The SMILES string of the molecule is C=C(C)C(N)C(C)(C)N1CCCCCC1. The molecule has 0 amide bonds. The topological polar surface area (TPSA) is 29.3 Å². The van der Waals surface area contributed by atoms with Crippen LogP contribution in [-0.2, 0) is 0 Å². The molecule has 0 spiro atoms. The lowest BCUT2D eigenvalue weighted by Gasteiger charge is -2.42. The minimum absolute atomic E-state index is 0.0518. The van der Waals surface area contributed by atoms with Crippen LogP contribution >= 0.6 is 0 Å². The Bertz CT molecular complexity index is 213. The van der Waals surface area contributed by atoms with Gasteiger partial charge in [0.05, 0.1) is 0 Å². The van der Waals surface area contributed by atoms with Crippen molar-refractivity contribution in [1.82, 2.24) is 4.90 Å². The zero-order valence-electron chi connectivity index (χ0n) is 10.6. The summed E-state index contributed by atoms with van der Waals surface area (Å²) in [5.41, 5.74) is 7.37. The van der Waals surface area contributed by atoms with E-state index in [1.807, 2.05) is 6.92 Å². The summed E-state index contributed by atoms with van der Waals surface area (Å²) in [4.78, 5) is 2.54.